The highest BCUT2D eigenvalue weighted by atomic mass is 16.5. The zero-order chi connectivity index (χ0) is 53.4. The van der Waals surface area contributed by atoms with Gasteiger partial charge in [0.15, 0.2) is 0 Å². The van der Waals surface area contributed by atoms with E-state index in [0.717, 1.165) is 50.7 Å². The molecule has 3 aromatic heterocycles. The summed E-state index contributed by atoms with van der Waals surface area (Å²) in [6.45, 7) is 41.7. The van der Waals surface area contributed by atoms with E-state index in [-0.39, 0.29) is 27.1 Å². The van der Waals surface area contributed by atoms with Gasteiger partial charge in [0.25, 0.3) is 6.33 Å². The molecule has 0 atom stereocenters. The van der Waals surface area contributed by atoms with Gasteiger partial charge in [-0.15, -0.1) is 0 Å². The highest BCUT2D eigenvalue weighted by Crippen LogP contribution is 2.43. The molecule has 6 aromatic carbocycles. The highest BCUT2D eigenvalue weighted by Gasteiger charge is 2.35. The number of para-hydroxylation sites is 1. The summed E-state index contributed by atoms with van der Waals surface area (Å²) in [5, 5.41) is 2.31. The van der Waals surface area contributed by atoms with Crippen molar-refractivity contribution < 1.29 is 9.30 Å². The molecule has 5 heteroatoms. The molecule has 0 saturated carbocycles. The molecule has 0 aliphatic rings. The minimum atomic E-state index is -0.269. The van der Waals surface area contributed by atoms with Gasteiger partial charge in [0.2, 0.25) is 0 Å². The lowest BCUT2D eigenvalue weighted by molar-refractivity contribution is -0.611. The maximum Gasteiger partial charge on any atom is 0.269 e. The molecule has 0 N–H and O–H groups in total. The number of aromatic nitrogens is 4. The van der Waals surface area contributed by atoms with Gasteiger partial charge in [-0.2, -0.15) is 0 Å². The summed E-state index contributed by atoms with van der Waals surface area (Å²) >= 11 is 0. The number of nitrogens with zero attached hydrogens (tertiary/aromatic N) is 4. The van der Waals surface area contributed by atoms with Gasteiger partial charge in [-0.3, -0.25) is 13.7 Å². The zero-order valence-corrected chi connectivity index (χ0v) is 47.7. The van der Waals surface area contributed by atoms with Crippen LogP contribution in [0.3, 0.4) is 0 Å². The lowest BCUT2D eigenvalue weighted by Crippen LogP contribution is -2.41. The predicted molar refractivity (Wildman–Crippen MR) is 312 cm³/mol. The van der Waals surface area contributed by atoms with E-state index in [4.69, 9.17) is 9.72 Å². The van der Waals surface area contributed by atoms with E-state index in [1.54, 1.807) is 0 Å². The monoisotopic (exact) mass is 981 g/mol. The molecule has 0 unspecified atom stereocenters. The van der Waals surface area contributed by atoms with E-state index in [1.807, 2.05) is 6.20 Å². The number of pyridine rings is 1. The molecule has 0 aliphatic heterocycles. The van der Waals surface area contributed by atoms with Crippen LogP contribution in [0.2, 0.25) is 0 Å². The van der Waals surface area contributed by atoms with Crippen LogP contribution in [-0.2, 0) is 27.1 Å². The number of hydrogen-bond acceptors (Lipinski definition) is 2. The van der Waals surface area contributed by atoms with Gasteiger partial charge in [0.05, 0.1) is 33.8 Å². The lowest BCUT2D eigenvalue weighted by Gasteiger charge is -2.31. The Labute approximate surface area is 443 Å². The first kappa shape index (κ1) is 52.2. The Morgan fingerprint density at radius 1 is 0.500 bits per heavy atom. The fourth-order valence-electron chi connectivity index (χ4n) is 10.9. The van der Waals surface area contributed by atoms with Crippen LogP contribution < -0.4 is 9.30 Å². The number of imidazole rings is 1. The third-order valence-electron chi connectivity index (χ3n) is 15.1. The lowest BCUT2D eigenvalue weighted by atomic mass is 9.78. The maximum atomic E-state index is 7.29. The summed E-state index contributed by atoms with van der Waals surface area (Å²) in [7, 11) is 0. The molecule has 3 heterocycles. The Bertz CT molecular complexity index is 3470. The number of benzene rings is 6. The first-order valence-electron chi connectivity index (χ1n) is 26.9. The summed E-state index contributed by atoms with van der Waals surface area (Å²) in [4.78, 5) is 5.06. The third-order valence-corrected chi connectivity index (χ3v) is 15.1. The maximum absolute atomic E-state index is 7.29. The van der Waals surface area contributed by atoms with Crippen molar-refractivity contribution in [2.45, 2.75) is 164 Å². The zero-order valence-electron chi connectivity index (χ0n) is 47.7. The normalized spacial score (nSPS) is 13.0. The molecule has 0 aliphatic carbocycles. The minimum absolute atomic E-state index is 0.0520. The van der Waals surface area contributed by atoms with Gasteiger partial charge in [0, 0.05) is 28.5 Å². The van der Waals surface area contributed by atoms with Crippen molar-refractivity contribution in [1.82, 2.24) is 14.1 Å². The Kier molecular flexibility index (Phi) is 13.3. The molecule has 382 valence electrons. The fraction of sp³-hybridized carbons (Fsp3) is 0.362. The molecule has 0 saturated heterocycles. The summed E-state index contributed by atoms with van der Waals surface area (Å²) in [5.41, 5.74) is 16.0. The predicted octanol–water partition coefficient (Wildman–Crippen LogP) is 18.3. The van der Waals surface area contributed by atoms with Gasteiger partial charge < -0.3 is 4.74 Å². The van der Waals surface area contributed by atoms with Crippen LogP contribution in [-0.4, -0.2) is 14.1 Å². The largest absolute Gasteiger partial charge is 0.458 e. The molecular formula is C69H80N4O. The van der Waals surface area contributed by atoms with E-state index in [1.165, 1.54) is 55.7 Å². The molecule has 0 fully saturated rings. The van der Waals surface area contributed by atoms with Crippen molar-refractivity contribution in [3.63, 3.8) is 0 Å². The van der Waals surface area contributed by atoms with Gasteiger partial charge in [0.1, 0.15) is 17.3 Å². The van der Waals surface area contributed by atoms with Crippen LogP contribution in [0, 0.1) is 6.33 Å². The molecule has 0 spiro atoms. The molecule has 9 aromatic rings. The molecule has 5 nitrogen and oxygen atoms in total. The van der Waals surface area contributed by atoms with E-state index >= 15 is 0 Å². The number of hydrogen-bond donors (Lipinski definition) is 0. The van der Waals surface area contributed by atoms with Crippen LogP contribution in [0.1, 0.15) is 181 Å². The standard InChI is InChI=1S/C69H80N4O/c1-44(2)55-28-24-29-56(45(3)4)62(55)46-35-51(71-43-72(64(68(14,15)16)63(71)67(11,12)13)52-38-49(65(5,6)7)37-50(39-52)66(8,9)10)41-54(36-46)74-53-31-32-58-57-27-22-23-30-59(57)73(60(58)42-53)61-40-48(33-34-70-61)69(17,18)47-25-20-19-21-26-47/h19-42,44-45H,1-18H3. The van der Waals surface area contributed by atoms with Gasteiger partial charge in [-0.05, 0) is 139 Å². The molecule has 0 bridgehead atoms. The second-order valence-corrected chi connectivity index (χ2v) is 26.1. The first-order valence-corrected chi connectivity index (χ1v) is 26.9. The van der Waals surface area contributed by atoms with Crippen LogP contribution in [0.15, 0.2) is 146 Å². The highest BCUT2D eigenvalue weighted by molar-refractivity contribution is 6.09. The van der Waals surface area contributed by atoms with Crippen LogP contribution in [0.5, 0.6) is 11.5 Å². The van der Waals surface area contributed by atoms with Crippen molar-refractivity contribution >= 4 is 21.8 Å². The van der Waals surface area contributed by atoms with Gasteiger partial charge in [-0.1, -0.05) is 197 Å². The fourth-order valence-corrected chi connectivity index (χ4v) is 10.9. The molecule has 74 heavy (non-hydrogen) atoms. The Morgan fingerprint density at radius 2 is 1.11 bits per heavy atom. The minimum Gasteiger partial charge on any atom is -0.458 e. The SMILES string of the molecule is CC(C)c1cccc(C(C)C)c1-c1cc(Oc2ccc3c4ccccc4n(-c4cc(C(C)(C)c5ccccc5)ccn4)c3c2)cc(-n2[c-][n+](-c3cc(C(C)(C)C)cc(C(C)(C)C)c3)c(C(C)(C)C)c2C(C)(C)C)c1. The molecule has 9 rings (SSSR count). The van der Waals surface area contributed by atoms with Gasteiger partial charge in [-0.25, -0.2) is 4.98 Å². The molecule has 0 amide bonds. The van der Waals surface area contributed by atoms with Crippen molar-refractivity contribution in [2.24, 2.45) is 0 Å². The topological polar surface area (TPSA) is 35.9 Å². The Hall–Kier alpha value is -6.72. The Morgan fingerprint density at radius 3 is 1.70 bits per heavy atom. The van der Waals surface area contributed by atoms with E-state index in [9.17, 15) is 0 Å². The van der Waals surface area contributed by atoms with Crippen LogP contribution >= 0.6 is 0 Å². The summed E-state index contributed by atoms with van der Waals surface area (Å²) in [6, 6.07) is 51.2. The van der Waals surface area contributed by atoms with Gasteiger partial charge >= 0.3 is 0 Å². The smallest absolute Gasteiger partial charge is 0.269 e. The van der Waals surface area contributed by atoms with E-state index in [2.05, 4.69) is 284 Å². The van der Waals surface area contributed by atoms with Crippen LogP contribution in [0.25, 0.3) is 50.1 Å². The number of ether oxygens (including phenoxy) is 1. The number of rotatable bonds is 10. The summed E-state index contributed by atoms with van der Waals surface area (Å²) in [6.07, 6.45) is 6.01. The Balaban J connectivity index is 1.29. The van der Waals surface area contributed by atoms with Crippen molar-refractivity contribution in [3.8, 4) is 39.8 Å². The number of fused-ring (bicyclic) bond motifs is 3. The van der Waals surface area contributed by atoms with Crippen molar-refractivity contribution in [3.05, 3.63) is 197 Å². The third kappa shape index (κ3) is 9.87. The molecule has 0 radical (unpaired) electrons. The van der Waals surface area contributed by atoms with E-state index in [0.29, 0.717) is 11.8 Å². The average Bonchev–Trinajstić information content (AvgIpc) is 3.92. The summed E-state index contributed by atoms with van der Waals surface area (Å²) in [5.74, 6) is 2.98. The van der Waals surface area contributed by atoms with E-state index < -0.39 is 0 Å². The molecular weight excluding hydrogens is 901 g/mol. The average molecular weight is 981 g/mol. The second-order valence-electron chi connectivity index (χ2n) is 26.1. The van der Waals surface area contributed by atoms with Crippen molar-refractivity contribution in [1.29, 1.82) is 0 Å². The quantitative estimate of drug-likeness (QED) is 0.101. The first-order chi connectivity index (χ1) is 34.6. The summed E-state index contributed by atoms with van der Waals surface area (Å²) < 4.78 is 14.3. The van der Waals surface area contributed by atoms with Crippen molar-refractivity contribution in [2.75, 3.05) is 0 Å². The van der Waals surface area contributed by atoms with Crippen LogP contribution in [0.4, 0.5) is 0 Å². The second kappa shape index (κ2) is 18.9.